The molecule has 2 aromatic heterocycles. The third-order valence-electron chi connectivity index (χ3n) is 5.14. The number of carbonyl (C=O) groups is 2. The second kappa shape index (κ2) is 11.4. The fourth-order valence-electron chi connectivity index (χ4n) is 2.98. The molecular weight excluding hydrogens is 404 g/mol. The summed E-state index contributed by atoms with van der Waals surface area (Å²) in [4.78, 5) is 49.5. The van der Waals surface area contributed by atoms with Gasteiger partial charge in [-0.1, -0.05) is 27.2 Å². The molecule has 3 atom stereocenters. The Labute approximate surface area is 180 Å². The molecule has 0 bridgehead atoms. The molecule has 11 nitrogen and oxygen atoms in total. The number of hydrogen-bond acceptors (Lipinski definition) is 9. The second-order valence-corrected chi connectivity index (χ2v) is 7.70. The Morgan fingerprint density at radius 1 is 1.16 bits per heavy atom. The van der Waals surface area contributed by atoms with Gasteiger partial charge in [0, 0.05) is 18.8 Å². The van der Waals surface area contributed by atoms with E-state index in [9.17, 15) is 14.4 Å². The van der Waals surface area contributed by atoms with Crippen molar-refractivity contribution in [2.75, 3.05) is 18.9 Å². The van der Waals surface area contributed by atoms with Crippen LogP contribution in [0.5, 0.6) is 0 Å². The van der Waals surface area contributed by atoms with Gasteiger partial charge < -0.3 is 25.9 Å². The van der Waals surface area contributed by atoms with Crippen molar-refractivity contribution in [1.82, 2.24) is 19.9 Å². The van der Waals surface area contributed by atoms with Crippen LogP contribution in [0.3, 0.4) is 0 Å². The predicted molar refractivity (Wildman–Crippen MR) is 115 cm³/mol. The number of nitrogen functional groups attached to an aromatic ring is 1. The van der Waals surface area contributed by atoms with E-state index in [-0.39, 0.29) is 48.1 Å². The molecule has 2 rings (SSSR count). The second-order valence-electron chi connectivity index (χ2n) is 7.70. The molecule has 0 spiro atoms. The molecule has 0 aromatic carbocycles. The van der Waals surface area contributed by atoms with Crippen LogP contribution in [0.15, 0.2) is 4.79 Å². The number of ether oxygens (including phenoxy) is 2. The summed E-state index contributed by atoms with van der Waals surface area (Å²) >= 11 is 0. The number of nitrogens with zero attached hydrogens (tertiary/aromatic N) is 2. The van der Waals surface area contributed by atoms with E-state index in [4.69, 9.17) is 20.9 Å². The summed E-state index contributed by atoms with van der Waals surface area (Å²) < 4.78 is 10.7. The maximum atomic E-state index is 12.1. The molecule has 11 heteroatoms. The zero-order chi connectivity index (χ0) is 23.0. The minimum atomic E-state index is -0.676. The number of H-pyrrole nitrogens is 2. The van der Waals surface area contributed by atoms with Crippen molar-refractivity contribution in [1.29, 1.82) is 0 Å². The minimum Gasteiger partial charge on any atom is -0.465 e. The molecule has 0 amide bonds. The highest BCUT2D eigenvalue weighted by Gasteiger charge is 2.22. The van der Waals surface area contributed by atoms with Crippen LogP contribution in [0.1, 0.15) is 52.3 Å². The van der Waals surface area contributed by atoms with Crippen molar-refractivity contribution in [2.45, 2.75) is 58.9 Å². The lowest BCUT2D eigenvalue weighted by molar-refractivity contribution is -0.149. The summed E-state index contributed by atoms with van der Waals surface area (Å²) in [5.74, 6) is -0.440. The summed E-state index contributed by atoms with van der Waals surface area (Å²) in [5.41, 5.74) is 11.5. The highest BCUT2D eigenvalue weighted by Crippen LogP contribution is 2.15. The van der Waals surface area contributed by atoms with E-state index in [0.29, 0.717) is 31.5 Å². The lowest BCUT2D eigenvalue weighted by atomic mass is 10.0. The quantitative estimate of drug-likeness (QED) is 0.353. The summed E-state index contributed by atoms with van der Waals surface area (Å²) in [6, 6.07) is -0.676. The zero-order valence-electron chi connectivity index (χ0n) is 18.3. The Bertz CT molecular complexity index is 940. The lowest BCUT2D eigenvalue weighted by Gasteiger charge is -2.19. The zero-order valence-corrected chi connectivity index (χ0v) is 18.3. The summed E-state index contributed by atoms with van der Waals surface area (Å²) in [7, 11) is 0. The van der Waals surface area contributed by atoms with Crippen molar-refractivity contribution in [3.8, 4) is 0 Å². The number of fused-ring (bicyclic) bond motifs is 1. The van der Waals surface area contributed by atoms with Crippen LogP contribution in [-0.4, -0.2) is 51.1 Å². The van der Waals surface area contributed by atoms with Crippen LogP contribution in [0.4, 0.5) is 5.95 Å². The molecule has 0 aliphatic heterocycles. The number of rotatable bonds is 12. The first-order valence-corrected chi connectivity index (χ1v) is 10.6. The number of esters is 2. The van der Waals surface area contributed by atoms with Gasteiger partial charge in [0.15, 0.2) is 11.2 Å². The van der Waals surface area contributed by atoms with E-state index in [1.54, 1.807) is 0 Å². The Balaban J connectivity index is 2.04. The number of imidazole rings is 1. The summed E-state index contributed by atoms with van der Waals surface area (Å²) in [6.07, 6.45) is 2.59. The molecule has 0 aliphatic rings. The molecule has 0 fully saturated rings. The van der Waals surface area contributed by atoms with Gasteiger partial charge in [-0.25, -0.2) is 4.98 Å². The van der Waals surface area contributed by atoms with Gasteiger partial charge in [-0.3, -0.25) is 19.4 Å². The van der Waals surface area contributed by atoms with Crippen molar-refractivity contribution in [2.24, 2.45) is 17.6 Å². The molecule has 2 heterocycles. The monoisotopic (exact) mass is 436 g/mol. The third-order valence-corrected chi connectivity index (χ3v) is 5.14. The predicted octanol–water partition coefficient (Wildman–Crippen LogP) is 1.04. The van der Waals surface area contributed by atoms with Gasteiger partial charge in [0.05, 0.1) is 13.2 Å². The number of nitrogens with two attached hydrogens (primary N) is 2. The summed E-state index contributed by atoms with van der Waals surface area (Å²) in [5, 5.41) is 0. The number of aromatic amines is 2. The molecule has 0 aliphatic carbocycles. The van der Waals surface area contributed by atoms with E-state index in [2.05, 4.69) is 19.9 Å². The molecule has 172 valence electrons. The maximum Gasteiger partial charge on any atom is 0.323 e. The smallest absolute Gasteiger partial charge is 0.323 e. The molecule has 2 aromatic rings. The van der Waals surface area contributed by atoms with Crippen molar-refractivity contribution in [3.63, 3.8) is 0 Å². The highest BCUT2D eigenvalue weighted by atomic mass is 16.5. The number of aromatic nitrogens is 4. The molecule has 6 N–H and O–H groups in total. The van der Waals surface area contributed by atoms with Crippen LogP contribution in [-0.2, 0) is 25.5 Å². The Kier molecular flexibility index (Phi) is 8.98. The fraction of sp³-hybridized carbons (Fsp3) is 0.650. The van der Waals surface area contributed by atoms with Crippen LogP contribution >= 0.6 is 0 Å². The number of hydrogen-bond donors (Lipinski definition) is 4. The number of nitrogens with one attached hydrogen (secondary N) is 2. The first kappa shape index (κ1) is 24.3. The fourth-order valence-corrected chi connectivity index (χ4v) is 2.98. The van der Waals surface area contributed by atoms with Crippen LogP contribution in [0.25, 0.3) is 11.2 Å². The normalized spacial score (nSPS) is 14.2. The topological polar surface area (TPSA) is 179 Å². The molecule has 1 unspecified atom stereocenters. The van der Waals surface area contributed by atoms with Gasteiger partial charge in [-0.05, 0) is 18.8 Å². The summed E-state index contributed by atoms with van der Waals surface area (Å²) in [6.45, 7) is 6.01. The average molecular weight is 437 g/mol. The first-order valence-electron chi connectivity index (χ1n) is 10.6. The molecular formula is C20H32N6O5. The standard InChI is InChI=1S/C20H32N6O5/c1-4-6-14(27)31-10-12(7-8-30-19(29)15(21)11(3)5-2)9-13-23-16-17(24-13)25-20(22)26-18(16)28/h11-12,15H,4-10,21H2,1-3H3,(H4,22,23,24,25,26,28)/t11-,12?,15-/m0/s1. The van der Waals surface area contributed by atoms with E-state index < -0.39 is 17.6 Å². The minimum absolute atomic E-state index is 0.0203. The highest BCUT2D eigenvalue weighted by molar-refractivity contribution is 5.75. The molecule has 0 radical (unpaired) electrons. The average Bonchev–Trinajstić information content (AvgIpc) is 3.13. The van der Waals surface area contributed by atoms with Crippen LogP contribution in [0, 0.1) is 11.8 Å². The first-order chi connectivity index (χ1) is 14.7. The van der Waals surface area contributed by atoms with Gasteiger partial charge in [0.25, 0.3) is 5.56 Å². The Hall–Kier alpha value is -2.95. The molecule has 0 saturated carbocycles. The number of anilines is 1. The Morgan fingerprint density at radius 2 is 1.90 bits per heavy atom. The van der Waals surface area contributed by atoms with Gasteiger partial charge in [0.2, 0.25) is 5.95 Å². The van der Waals surface area contributed by atoms with Gasteiger partial charge in [-0.2, -0.15) is 4.98 Å². The maximum absolute atomic E-state index is 12.1. The van der Waals surface area contributed by atoms with Crippen molar-refractivity contribution in [3.05, 3.63) is 16.2 Å². The lowest BCUT2D eigenvalue weighted by Crippen LogP contribution is -2.38. The number of carbonyl (C=O) groups excluding carboxylic acids is 2. The van der Waals surface area contributed by atoms with Crippen molar-refractivity contribution < 1.29 is 19.1 Å². The van der Waals surface area contributed by atoms with Crippen molar-refractivity contribution >= 4 is 29.1 Å². The largest absolute Gasteiger partial charge is 0.465 e. The van der Waals surface area contributed by atoms with Crippen LogP contribution in [0.2, 0.25) is 0 Å². The SMILES string of the molecule is CCCC(=O)OCC(CCOC(=O)[C@@H](N)[C@@H](C)CC)Cc1nc2nc(N)[nH]c(=O)c2[nH]1. The van der Waals surface area contributed by atoms with Gasteiger partial charge >= 0.3 is 11.9 Å². The van der Waals surface area contributed by atoms with Gasteiger partial charge in [-0.15, -0.1) is 0 Å². The molecule has 31 heavy (non-hydrogen) atoms. The van der Waals surface area contributed by atoms with E-state index >= 15 is 0 Å². The van der Waals surface area contributed by atoms with Gasteiger partial charge in [0.1, 0.15) is 11.9 Å². The Morgan fingerprint density at radius 3 is 2.58 bits per heavy atom. The molecule has 0 saturated heterocycles. The van der Waals surface area contributed by atoms with E-state index in [1.165, 1.54) is 0 Å². The third kappa shape index (κ3) is 7.06. The van der Waals surface area contributed by atoms with E-state index in [0.717, 1.165) is 6.42 Å². The van der Waals surface area contributed by atoms with E-state index in [1.807, 2.05) is 20.8 Å². The van der Waals surface area contributed by atoms with Crippen LogP contribution < -0.4 is 17.0 Å².